The summed E-state index contributed by atoms with van der Waals surface area (Å²) in [5.41, 5.74) is 2.06. The van der Waals surface area contributed by atoms with Crippen molar-refractivity contribution >= 4 is 54.8 Å². The number of carbonyl (C=O) groups is 1. The van der Waals surface area contributed by atoms with Crippen LogP contribution in [0, 0.1) is 0 Å². The van der Waals surface area contributed by atoms with E-state index in [2.05, 4.69) is 9.71 Å². The van der Waals surface area contributed by atoms with E-state index < -0.39 is 21.7 Å². The van der Waals surface area contributed by atoms with E-state index in [1.807, 2.05) is 0 Å². The topological polar surface area (TPSA) is 96.4 Å². The van der Waals surface area contributed by atoms with Crippen LogP contribution in [0.15, 0.2) is 17.6 Å². The first kappa shape index (κ1) is 13.1. The van der Waals surface area contributed by atoms with Crippen LogP contribution in [0.5, 0.6) is 0 Å². The van der Waals surface area contributed by atoms with E-state index in [9.17, 15) is 13.2 Å². The largest absolute Gasteiger partial charge is 0.480 e. The minimum atomic E-state index is -4.00. The molecule has 0 bridgehead atoms. The predicted octanol–water partition coefficient (Wildman–Crippen LogP) is 1.78. The Morgan fingerprint density at radius 3 is 2.89 bits per heavy atom. The zero-order chi connectivity index (χ0) is 13.3. The Balaban J connectivity index is 2.45. The third-order valence-electron chi connectivity index (χ3n) is 2.02. The maximum atomic E-state index is 11.6. The van der Waals surface area contributed by atoms with Crippen LogP contribution in [-0.4, -0.2) is 30.2 Å². The van der Waals surface area contributed by atoms with Gasteiger partial charge in [0.15, 0.2) is 5.75 Å². The molecule has 0 saturated heterocycles. The first-order valence-electron chi connectivity index (χ1n) is 4.63. The molecule has 0 fully saturated rings. The van der Waals surface area contributed by atoms with Crippen molar-refractivity contribution in [2.75, 3.05) is 10.5 Å². The number of hydrogen-bond donors (Lipinski definition) is 2. The molecule has 2 aromatic rings. The van der Waals surface area contributed by atoms with E-state index in [0.717, 1.165) is 4.70 Å². The van der Waals surface area contributed by atoms with Crippen LogP contribution in [0.3, 0.4) is 0 Å². The fourth-order valence-electron chi connectivity index (χ4n) is 1.36. The van der Waals surface area contributed by atoms with Gasteiger partial charge in [0.2, 0.25) is 10.0 Å². The summed E-state index contributed by atoms with van der Waals surface area (Å²) in [6, 6.07) is 3.24. The average molecular weight is 307 g/mol. The number of fused-ring (bicyclic) bond motifs is 1. The summed E-state index contributed by atoms with van der Waals surface area (Å²) in [5, 5.41) is 8.67. The zero-order valence-electron chi connectivity index (χ0n) is 8.75. The van der Waals surface area contributed by atoms with Crippen LogP contribution in [0.4, 0.5) is 5.69 Å². The molecule has 1 aromatic carbocycles. The smallest absolute Gasteiger partial charge is 0.320 e. The molecule has 0 unspecified atom stereocenters. The molecule has 1 heterocycles. The Bertz CT molecular complexity index is 710. The number of anilines is 1. The summed E-state index contributed by atoms with van der Waals surface area (Å²) in [6.07, 6.45) is 0. The molecule has 0 saturated carbocycles. The SMILES string of the molecule is O=C(O)CS(=O)(=O)Nc1c(Cl)ccc2scnc12. The van der Waals surface area contributed by atoms with Gasteiger partial charge in [-0.1, -0.05) is 11.6 Å². The second-order valence-electron chi connectivity index (χ2n) is 3.38. The first-order chi connectivity index (χ1) is 8.39. The van der Waals surface area contributed by atoms with E-state index >= 15 is 0 Å². The normalized spacial score (nSPS) is 11.6. The van der Waals surface area contributed by atoms with Crippen LogP contribution in [0.2, 0.25) is 5.02 Å². The molecule has 2 rings (SSSR count). The van der Waals surface area contributed by atoms with Gasteiger partial charge in [-0.25, -0.2) is 13.4 Å². The molecule has 0 amide bonds. The number of halogens is 1. The molecule has 18 heavy (non-hydrogen) atoms. The standard InChI is InChI=1S/C9H7ClN2O4S2/c10-5-1-2-6-9(11-4-17-6)8(5)12-18(15,16)3-7(13)14/h1-2,4,12H,3H2,(H,13,14). The number of sulfonamides is 1. The van der Waals surface area contributed by atoms with Crippen molar-refractivity contribution < 1.29 is 18.3 Å². The first-order valence-corrected chi connectivity index (χ1v) is 7.54. The number of carboxylic acids is 1. The van der Waals surface area contributed by atoms with E-state index in [1.165, 1.54) is 17.4 Å². The summed E-state index contributed by atoms with van der Waals surface area (Å²) in [4.78, 5) is 14.4. The highest BCUT2D eigenvalue weighted by molar-refractivity contribution is 7.93. The molecule has 0 radical (unpaired) electrons. The number of nitrogens with one attached hydrogen (secondary N) is 1. The van der Waals surface area contributed by atoms with Crippen molar-refractivity contribution in [2.24, 2.45) is 0 Å². The second kappa shape index (κ2) is 4.71. The van der Waals surface area contributed by atoms with Crippen molar-refractivity contribution in [3.05, 3.63) is 22.7 Å². The zero-order valence-corrected chi connectivity index (χ0v) is 11.1. The number of benzene rings is 1. The van der Waals surface area contributed by atoms with Crippen molar-refractivity contribution in [1.82, 2.24) is 4.98 Å². The van der Waals surface area contributed by atoms with Gasteiger partial charge in [-0.2, -0.15) is 0 Å². The lowest BCUT2D eigenvalue weighted by Gasteiger charge is -2.08. The Kier molecular flexibility index (Phi) is 3.42. The molecular formula is C9H7ClN2O4S2. The van der Waals surface area contributed by atoms with Gasteiger partial charge in [0.25, 0.3) is 0 Å². The maximum absolute atomic E-state index is 11.6. The second-order valence-corrected chi connectivity index (χ2v) is 6.39. The third kappa shape index (κ3) is 2.71. The van der Waals surface area contributed by atoms with Crippen molar-refractivity contribution in [3.63, 3.8) is 0 Å². The van der Waals surface area contributed by atoms with Crippen LogP contribution < -0.4 is 4.72 Å². The third-order valence-corrected chi connectivity index (χ3v) is 4.27. The molecule has 2 N–H and O–H groups in total. The number of hydrogen-bond acceptors (Lipinski definition) is 5. The van der Waals surface area contributed by atoms with Gasteiger partial charge in [-0.05, 0) is 12.1 Å². The summed E-state index contributed by atoms with van der Waals surface area (Å²) < 4.78 is 26.0. The molecule has 96 valence electrons. The summed E-state index contributed by atoms with van der Waals surface area (Å²) in [6.45, 7) is 0. The number of nitrogens with zero attached hydrogens (tertiary/aromatic N) is 1. The molecule has 0 spiro atoms. The van der Waals surface area contributed by atoms with Crippen LogP contribution >= 0.6 is 22.9 Å². The lowest BCUT2D eigenvalue weighted by atomic mass is 10.3. The maximum Gasteiger partial charge on any atom is 0.320 e. The Morgan fingerprint density at radius 1 is 1.50 bits per heavy atom. The lowest BCUT2D eigenvalue weighted by molar-refractivity contribution is -0.134. The lowest BCUT2D eigenvalue weighted by Crippen LogP contribution is -2.22. The number of aromatic nitrogens is 1. The number of thiazole rings is 1. The average Bonchev–Trinajstić information content (AvgIpc) is 2.68. The molecule has 6 nitrogen and oxygen atoms in total. The van der Waals surface area contributed by atoms with Gasteiger partial charge in [0, 0.05) is 0 Å². The highest BCUT2D eigenvalue weighted by Gasteiger charge is 2.19. The van der Waals surface area contributed by atoms with Crippen LogP contribution in [-0.2, 0) is 14.8 Å². The molecule has 0 aliphatic heterocycles. The van der Waals surface area contributed by atoms with Crippen molar-refractivity contribution in [1.29, 1.82) is 0 Å². The minimum Gasteiger partial charge on any atom is -0.480 e. The van der Waals surface area contributed by atoms with Crippen LogP contribution in [0.25, 0.3) is 10.2 Å². The van der Waals surface area contributed by atoms with E-state index in [1.54, 1.807) is 11.6 Å². The Labute approximate surface area is 111 Å². The summed E-state index contributed by atoms with van der Waals surface area (Å²) >= 11 is 7.22. The monoisotopic (exact) mass is 306 g/mol. The Hall–Kier alpha value is -1.38. The molecular weight excluding hydrogens is 300 g/mol. The minimum absolute atomic E-state index is 0.108. The van der Waals surface area contributed by atoms with Gasteiger partial charge >= 0.3 is 5.97 Å². The number of aliphatic carboxylic acids is 1. The van der Waals surface area contributed by atoms with Crippen molar-refractivity contribution in [3.8, 4) is 0 Å². The fraction of sp³-hybridized carbons (Fsp3) is 0.111. The Morgan fingerprint density at radius 2 is 2.22 bits per heavy atom. The van der Waals surface area contributed by atoms with E-state index in [-0.39, 0.29) is 10.7 Å². The van der Waals surface area contributed by atoms with Crippen molar-refractivity contribution in [2.45, 2.75) is 0 Å². The fourth-order valence-corrected chi connectivity index (χ4v) is 3.21. The number of carboxylic acid groups (broad SMARTS) is 1. The highest BCUT2D eigenvalue weighted by Crippen LogP contribution is 2.32. The van der Waals surface area contributed by atoms with Gasteiger partial charge < -0.3 is 5.11 Å². The molecule has 0 aliphatic rings. The van der Waals surface area contributed by atoms with Gasteiger partial charge in [0.1, 0.15) is 5.52 Å². The van der Waals surface area contributed by atoms with Gasteiger partial charge in [0.05, 0.1) is 20.9 Å². The van der Waals surface area contributed by atoms with Crippen LogP contribution in [0.1, 0.15) is 0 Å². The highest BCUT2D eigenvalue weighted by atomic mass is 35.5. The molecule has 0 atom stereocenters. The van der Waals surface area contributed by atoms with E-state index in [0.29, 0.717) is 5.52 Å². The van der Waals surface area contributed by atoms with E-state index in [4.69, 9.17) is 16.7 Å². The quantitative estimate of drug-likeness (QED) is 0.897. The predicted molar refractivity (Wildman–Crippen MR) is 69.7 cm³/mol. The van der Waals surface area contributed by atoms with Gasteiger partial charge in [-0.3, -0.25) is 9.52 Å². The van der Waals surface area contributed by atoms with Gasteiger partial charge in [-0.15, -0.1) is 11.3 Å². The molecule has 0 aliphatic carbocycles. The summed E-state index contributed by atoms with van der Waals surface area (Å²) in [5.74, 6) is -2.46. The number of rotatable bonds is 4. The molecule has 1 aromatic heterocycles. The molecule has 9 heteroatoms. The summed E-state index contributed by atoms with van der Waals surface area (Å²) in [7, 11) is -4.00.